The number of carbonyl (C=O) groups excluding carboxylic acids is 1. The molecule has 1 aromatic carbocycles. The second-order valence-electron chi connectivity index (χ2n) is 10.1. The van der Waals surface area contributed by atoms with E-state index in [1.54, 1.807) is 12.4 Å². The molecular formula is C27H30ClN5O2. The molecule has 2 aliphatic heterocycles. The summed E-state index contributed by atoms with van der Waals surface area (Å²) in [5.74, 6) is 0.647. The Morgan fingerprint density at radius 1 is 1.31 bits per heavy atom. The lowest BCUT2D eigenvalue weighted by Gasteiger charge is -2.23. The normalized spacial score (nSPS) is 20.5. The van der Waals surface area contributed by atoms with Crippen LogP contribution in [0.4, 0.5) is 11.4 Å². The zero-order chi connectivity index (χ0) is 24.2. The van der Waals surface area contributed by atoms with Gasteiger partial charge >= 0.3 is 0 Å². The molecule has 7 nitrogen and oxygen atoms in total. The topological polar surface area (TPSA) is 82.3 Å². The highest BCUT2D eigenvalue weighted by Crippen LogP contribution is 2.54. The lowest BCUT2D eigenvalue weighted by molar-refractivity contribution is 0.0938. The monoisotopic (exact) mass is 491 g/mol. The van der Waals surface area contributed by atoms with Gasteiger partial charge in [-0.2, -0.15) is 0 Å². The van der Waals surface area contributed by atoms with Crippen LogP contribution in [0.5, 0.6) is 5.75 Å². The van der Waals surface area contributed by atoms with Gasteiger partial charge in [0.25, 0.3) is 5.91 Å². The predicted molar refractivity (Wildman–Crippen MR) is 138 cm³/mol. The van der Waals surface area contributed by atoms with Gasteiger partial charge in [0.15, 0.2) is 0 Å². The third-order valence-corrected chi connectivity index (χ3v) is 8.29. The van der Waals surface area contributed by atoms with Gasteiger partial charge in [-0.05, 0) is 70.0 Å². The largest absolute Gasteiger partial charge is 0.490 e. The number of amides is 1. The first-order chi connectivity index (χ1) is 17.0. The number of pyridine rings is 1. The van der Waals surface area contributed by atoms with Crippen molar-refractivity contribution in [1.29, 1.82) is 0 Å². The van der Waals surface area contributed by atoms with Crippen molar-refractivity contribution in [3.63, 3.8) is 0 Å². The Morgan fingerprint density at radius 3 is 2.94 bits per heavy atom. The average molecular weight is 492 g/mol. The number of benzene rings is 1. The molecule has 35 heavy (non-hydrogen) atoms. The number of fused-ring (bicyclic) bond motifs is 2. The van der Waals surface area contributed by atoms with Gasteiger partial charge < -0.3 is 25.3 Å². The fourth-order valence-corrected chi connectivity index (χ4v) is 5.59. The van der Waals surface area contributed by atoms with E-state index in [1.165, 1.54) is 6.42 Å². The lowest BCUT2D eigenvalue weighted by Crippen LogP contribution is -2.39. The maximum Gasteiger partial charge on any atom is 0.255 e. The van der Waals surface area contributed by atoms with Crippen LogP contribution in [0.2, 0.25) is 5.02 Å². The molecule has 0 unspecified atom stereocenters. The van der Waals surface area contributed by atoms with Gasteiger partial charge in [-0.15, -0.1) is 0 Å². The van der Waals surface area contributed by atoms with Crippen molar-refractivity contribution >= 4 is 28.9 Å². The van der Waals surface area contributed by atoms with Crippen LogP contribution >= 0.6 is 11.6 Å². The molecular weight excluding hydrogens is 462 g/mol. The fourth-order valence-electron chi connectivity index (χ4n) is 5.41. The van der Waals surface area contributed by atoms with Gasteiger partial charge in [-0.25, -0.2) is 0 Å². The summed E-state index contributed by atoms with van der Waals surface area (Å²) in [6.45, 7) is 4.35. The van der Waals surface area contributed by atoms with Gasteiger partial charge in [0.05, 0.1) is 23.1 Å². The minimum atomic E-state index is -0.0636. The first kappa shape index (κ1) is 22.4. The number of anilines is 2. The van der Waals surface area contributed by atoms with E-state index in [0.29, 0.717) is 35.5 Å². The fraction of sp³-hybridized carbons (Fsp3) is 0.407. The smallest absolute Gasteiger partial charge is 0.255 e. The van der Waals surface area contributed by atoms with Crippen LogP contribution < -0.4 is 15.4 Å². The molecule has 2 fully saturated rings. The maximum absolute atomic E-state index is 13.2. The predicted octanol–water partition coefficient (Wildman–Crippen LogP) is 5.03. The van der Waals surface area contributed by atoms with E-state index in [4.69, 9.17) is 16.3 Å². The molecule has 6 rings (SSSR count). The number of nitrogens with one attached hydrogen (secondary N) is 3. The number of likely N-dealkylation sites (N-methyl/N-ethyl adjacent to an activating group) is 1. The van der Waals surface area contributed by atoms with Gasteiger partial charge in [-0.1, -0.05) is 17.7 Å². The standard InChI is InChI=1S/C27H30ClN5O2/c1-16-19(28)6-3-7-20(16)31-24-22-25(27(9-10-27)15-30-26(22)34)32-23(24)18-8-11-29-13-21(18)35-14-17-5-4-12-33(17)2/h3,6-8,11,13,17,31-32H,4-5,9-10,12,14-15H2,1-2H3,(H,30,34)/t17-/m1/s1. The molecule has 1 amide bonds. The number of hydrogen-bond acceptors (Lipinski definition) is 5. The summed E-state index contributed by atoms with van der Waals surface area (Å²) in [5.41, 5.74) is 5.97. The second-order valence-corrected chi connectivity index (χ2v) is 10.5. The van der Waals surface area contributed by atoms with E-state index >= 15 is 0 Å². The first-order valence-electron chi connectivity index (χ1n) is 12.3. The van der Waals surface area contributed by atoms with Crippen molar-refractivity contribution in [3.05, 3.63) is 58.5 Å². The molecule has 3 aromatic rings. The molecule has 8 heteroatoms. The highest BCUT2D eigenvalue weighted by Gasteiger charge is 2.51. The molecule has 1 spiro atoms. The quantitative estimate of drug-likeness (QED) is 0.450. The van der Waals surface area contributed by atoms with Gasteiger partial charge in [-0.3, -0.25) is 9.78 Å². The van der Waals surface area contributed by atoms with E-state index in [0.717, 1.165) is 59.7 Å². The summed E-state index contributed by atoms with van der Waals surface area (Å²) < 4.78 is 6.35. The average Bonchev–Trinajstić information content (AvgIpc) is 3.36. The van der Waals surface area contributed by atoms with Crippen LogP contribution in [0, 0.1) is 6.92 Å². The summed E-state index contributed by atoms with van der Waals surface area (Å²) in [4.78, 5) is 23.5. The molecule has 0 bridgehead atoms. The van der Waals surface area contributed by atoms with Crippen molar-refractivity contribution in [3.8, 4) is 17.0 Å². The maximum atomic E-state index is 13.2. The summed E-state index contributed by atoms with van der Waals surface area (Å²) in [6.07, 6.45) is 7.98. The Morgan fingerprint density at radius 2 is 2.17 bits per heavy atom. The Balaban J connectivity index is 1.45. The lowest BCUT2D eigenvalue weighted by atomic mass is 9.93. The third-order valence-electron chi connectivity index (χ3n) is 7.88. The van der Waals surface area contributed by atoms with Crippen molar-refractivity contribution in [2.45, 2.75) is 44.1 Å². The van der Waals surface area contributed by atoms with Crippen molar-refractivity contribution < 1.29 is 9.53 Å². The SMILES string of the molecule is Cc1c(Cl)cccc1Nc1c(-c2ccncc2OC[C@H]2CCCN2C)[nH]c2c1C(=O)NCC21CC1. The van der Waals surface area contributed by atoms with Crippen LogP contribution in [0.15, 0.2) is 36.7 Å². The number of rotatable bonds is 6. The Kier molecular flexibility index (Phi) is 5.49. The summed E-state index contributed by atoms with van der Waals surface area (Å²) >= 11 is 6.42. The van der Waals surface area contributed by atoms with E-state index in [2.05, 4.69) is 32.5 Å². The van der Waals surface area contributed by atoms with E-state index in [1.807, 2.05) is 31.2 Å². The molecule has 4 heterocycles. The number of aromatic nitrogens is 2. The van der Waals surface area contributed by atoms with Crippen molar-refractivity contribution in [2.75, 3.05) is 32.1 Å². The number of likely N-dealkylation sites (tertiary alicyclic amines) is 1. The molecule has 1 aliphatic carbocycles. The van der Waals surface area contributed by atoms with E-state index in [-0.39, 0.29) is 11.3 Å². The molecule has 1 saturated carbocycles. The van der Waals surface area contributed by atoms with Crippen LogP contribution in [-0.2, 0) is 5.41 Å². The highest BCUT2D eigenvalue weighted by atomic mass is 35.5. The number of nitrogens with zero attached hydrogens (tertiary/aromatic N) is 2. The van der Waals surface area contributed by atoms with Crippen LogP contribution in [0.3, 0.4) is 0 Å². The zero-order valence-electron chi connectivity index (χ0n) is 20.1. The van der Waals surface area contributed by atoms with Crippen LogP contribution in [0.1, 0.15) is 47.3 Å². The van der Waals surface area contributed by atoms with Gasteiger partial charge in [0.2, 0.25) is 0 Å². The van der Waals surface area contributed by atoms with Gasteiger partial charge in [0.1, 0.15) is 12.4 Å². The Hall–Kier alpha value is -3.03. The summed E-state index contributed by atoms with van der Waals surface area (Å²) in [7, 11) is 2.15. The third kappa shape index (κ3) is 3.87. The second kappa shape index (κ2) is 8.57. The zero-order valence-corrected chi connectivity index (χ0v) is 20.8. The molecule has 1 atom stereocenters. The minimum absolute atomic E-state index is 0.0120. The molecule has 3 aliphatic rings. The number of ether oxygens (including phenoxy) is 1. The molecule has 2 aromatic heterocycles. The Labute approximate surface area is 210 Å². The number of carbonyl (C=O) groups is 1. The molecule has 3 N–H and O–H groups in total. The number of H-pyrrole nitrogens is 1. The number of aromatic amines is 1. The van der Waals surface area contributed by atoms with Crippen molar-refractivity contribution in [1.82, 2.24) is 20.2 Å². The number of hydrogen-bond donors (Lipinski definition) is 3. The highest BCUT2D eigenvalue weighted by molar-refractivity contribution is 6.31. The number of halogens is 1. The first-order valence-corrected chi connectivity index (χ1v) is 12.7. The minimum Gasteiger partial charge on any atom is -0.490 e. The summed E-state index contributed by atoms with van der Waals surface area (Å²) in [6, 6.07) is 8.12. The van der Waals surface area contributed by atoms with Crippen molar-refractivity contribution in [2.24, 2.45) is 0 Å². The van der Waals surface area contributed by atoms with E-state index < -0.39 is 0 Å². The van der Waals surface area contributed by atoms with Crippen LogP contribution in [0.25, 0.3) is 11.3 Å². The molecule has 1 saturated heterocycles. The molecule has 0 radical (unpaired) electrons. The van der Waals surface area contributed by atoms with Crippen LogP contribution in [-0.4, -0.2) is 53.6 Å². The van der Waals surface area contributed by atoms with E-state index in [9.17, 15) is 4.79 Å². The summed E-state index contributed by atoms with van der Waals surface area (Å²) in [5, 5.41) is 7.35. The molecule has 182 valence electrons. The Bertz CT molecular complexity index is 1300. The van der Waals surface area contributed by atoms with Gasteiger partial charge in [0, 0.05) is 46.2 Å².